The largest absolute Gasteiger partial charge is 0.394 e. The molecule has 0 bridgehead atoms. The minimum atomic E-state index is -0.323. The molecule has 0 radical (unpaired) electrons. The van der Waals surface area contributed by atoms with Crippen molar-refractivity contribution in [3.8, 4) is 0 Å². The van der Waals surface area contributed by atoms with Crippen LogP contribution in [0.2, 0.25) is 0 Å². The highest BCUT2D eigenvalue weighted by Crippen LogP contribution is 2.32. The molecule has 0 aliphatic carbocycles. The first-order valence-corrected chi connectivity index (χ1v) is 4.30. The number of halogens is 1. The Kier molecular flexibility index (Phi) is 1.77. The Morgan fingerprint density at radius 3 is 3.08 bits per heavy atom. The number of aliphatic hydroxyl groups is 1. The van der Waals surface area contributed by atoms with Crippen molar-refractivity contribution in [3.05, 3.63) is 29.6 Å². The van der Waals surface area contributed by atoms with Crippen molar-refractivity contribution < 1.29 is 9.50 Å². The van der Waals surface area contributed by atoms with Crippen LogP contribution in [0.15, 0.2) is 18.2 Å². The lowest BCUT2D eigenvalue weighted by Gasteiger charge is -2.21. The summed E-state index contributed by atoms with van der Waals surface area (Å²) in [6.07, 6.45) is 0.677. The predicted octanol–water partition coefficient (Wildman–Crippen LogP) is 1.54. The van der Waals surface area contributed by atoms with Gasteiger partial charge in [-0.3, -0.25) is 0 Å². The number of hydrogen-bond donors (Lipinski definition) is 2. The van der Waals surface area contributed by atoms with Crippen LogP contribution in [0, 0.1) is 5.82 Å². The number of hydrogen-bond acceptors (Lipinski definition) is 2. The summed E-state index contributed by atoms with van der Waals surface area (Å²) >= 11 is 0. The first-order valence-electron chi connectivity index (χ1n) is 4.30. The van der Waals surface area contributed by atoms with Crippen molar-refractivity contribution in [2.24, 2.45) is 0 Å². The van der Waals surface area contributed by atoms with E-state index >= 15 is 0 Å². The molecule has 0 saturated carbocycles. The fourth-order valence-electron chi connectivity index (χ4n) is 1.72. The first-order chi connectivity index (χ1) is 6.13. The van der Waals surface area contributed by atoms with Crippen LogP contribution in [-0.4, -0.2) is 17.3 Å². The van der Waals surface area contributed by atoms with Gasteiger partial charge in [-0.2, -0.15) is 0 Å². The van der Waals surface area contributed by atoms with E-state index in [1.807, 2.05) is 6.92 Å². The Morgan fingerprint density at radius 2 is 2.38 bits per heavy atom. The van der Waals surface area contributed by atoms with Crippen LogP contribution < -0.4 is 5.32 Å². The number of benzene rings is 1. The van der Waals surface area contributed by atoms with Crippen molar-refractivity contribution in [3.63, 3.8) is 0 Å². The lowest BCUT2D eigenvalue weighted by molar-refractivity contribution is 0.227. The molecule has 2 N–H and O–H groups in total. The molecular weight excluding hydrogens is 169 g/mol. The topological polar surface area (TPSA) is 32.3 Å². The Labute approximate surface area is 76.4 Å². The maximum absolute atomic E-state index is 12.8. The average Bonchev–Trinajstić information content (AvgIpc) is 2.42. The van der Waals surface area contributed by atoms with Gasteiger partial charge in [-0.1, -0.05) is 0 Å². The highest BCUT2D eigenvalue weighted by Gasteiger charge is 2.31. The summed E-state index contributed by atoms with van der Waals surface area (Å²) in [5.74, 6) is -0.220. The van der Waals surface area contributed by atoms with E-state index in [9.17, 15) is 4.39 Å². The quantitative estimate of drug-likeness (QED) is 0.688. The third-order valence-electron chi connectivity index (χ3n) is 2.43. The van der Waals surface area contributed by atoms with Gasteiger partial charge in [0.05, 0.1) is 12.1 Å². The molecule has 70 valence electrons. The monoisotopic (exact) mass is 181 g/mol. The van der Waals surface area contributed by atoms with E-state index in [0.717, 1.165) is 11.3 Å². The van der Waals surface area contributed by atoms with E-state index in [-0.39, 0.29) is 18.0 Å². The normalized spacial score (nSPS) is 25.5. The van der Waals surface area contributed by atoms with Crippen LogP contribution in [0.3, 0.4) is 0 Å². The summed E-state index contributed by atoms with van der Waals surface area (Å²) in [5, 5.41) is 12.3. The van der Waals surface area contributed by atoms with Crippen molar-refractivity contribution in [1.29, 1.82) is 0 Å². The second kappa shape index (κ2) is 2.70. The van der Waals surface area contributed by atoms with Crippen LogP contribution in [0.4, 0.5) is 10.1 Å². The second-order valence-corrected chi connectivity index (χ2v) is 3.82. The summed E-state index contributed by atoms with van der Waals surface area (Å²) in [5.41, 5.74) is 1.55. The maximum atomic E-state index is 12.8. The Morgan fingerprint density at radius 1 is 1.62 bits per heavy atom. The van der Waals surface area contributed by atoms with Crippen LogP contribution in [0.25, 0.3) is 0 Å². The molecular formula is C10H12FNO. The molecule has 0 spiro atoms. The zero-order valence-corrected chi connectivity index (χ0v) is 7.47. The second-order valence-electron chi connectivity index (χ2n) is 3.82. The van der Waals surface area contributed by atoms with Gasteiger partial charge in [0.15, 0.2) is 0 Å². The molecule has 1 aromatic rings. The summed E-state index contributed by atoms with van der Waals surface area (Å²) in [6.45, 7) is 1.98. The van der Waals surface area contributed by atoms with Crippen molar-refractivity contribution in [2.75, 3.05) is 11.9 Å². The lowest BCUT2D eigenvalue weighted by atomic mass is 9.99. The summed E-state index contributed by atoms with van der Waals surface area (Å²) < 4.78 is 12.8. The molecule has 0 amide bonds. The van der Waals surface area contributed by atoms with Crippen LogP contribution in [-0.2, 0) is 6.42 Å². The molecule has 0 fully saturated rings. The van der Waals surface area contributed by atoms with E-state index < -0.39 is 0 Å². The molecule has 1 unspecified atom stereocenters. The maximum Gasteiger partial charge on any atom is 0.123 e. The lowest BCUT2D eigenvalue weighted by Crippen LogP contribution is -2.36. The van der Waals surface area contributed by atoms with Gasteiger partial charge < -0.3 is 10.4 Å². The average molecular weight is 181 g/mol. The van der Waals surface area contributed by atoms with Gasteiger partial charge in [-0.05, 0) is 37.1 Å². The first kappa shape index (κ1) is 8.51. The molecule has 1 aromatic carbocycles. The van der Waals surface area contributed by atoms with E-state index in [1.165, 1.54) is 12.1 Å². The minimum absolute atomic E-state index is 0.0588. The summed E-state index contributed by atoms with van der Waals surface area (Å²) in [6, 6.07) is 4.66. The number of rotatable bonds is 1. The minimum Gasteiger partial charge on any atom is -0.394 e. The molecule has 1 aliphatic heterocycles. The standard InChI is InChI=1S/C10H12FNO/c1-10(6-13)5-7-4-8(11)2-3-9(7)12-10/h2-4,12-13H,5-6H2,1H3. The van der Waals surface area contributed by atoms with E-state index in [0.29, 0.717) is 6.42 Å². The van der Waals surface area contributed by atoms with Crippen molar-refractivity contribution in [2.45, 2.75) is 18.9 Å². The summed E-state index contributed by atoms with van der Waals surface area (Å²) in [7, 11) is 0. The smallest absolute Gasteiger partial charge is 0.123 e. The molecule has 0 saturated heterocycles. The van der Waals surface area contributed by atoms with E-state index in [4.69, 9.17) is 5.11 Å². The van der Waals surface area contributed by atoms with Crippen molar-refractivity contribution in [1.82, 2.24) is 0 Å². The SMILES string of the molecule is CC1(CO)Cc2cc(F)ccc2N1. The van der Waals surface area contributed by atoms with Crippen LogP contribution >= 0.6 is 0 Å². The van der Waals surface area contributed by atoms with Gasteiger partial charge in [-0.25, -0.2) is 4.39 Å². The van der Waals surface area contributed by atoms with Gasteiger partial charge in [-0.15, -0.1) is 0 Å². The number of fused-ring (bicyclic) bond motifs is 1. The molecule has 2 rings (SSSR count). The molecule has 1 heterocycles. The van der Waals surface area contributed by atoms with Gasteiger partial charge in [0, 0.05) is 5.69 Å². The zero-order valence-electron chi connectivity index (χ0n) is 7.47. The molecule has 13 heavy (non-hydrogen) atoms. The molecule has 2 nitrogen and oxygen atoms in total. The predicted molar refractivity (Wildman–Crippen MR) is 49.2 cm³/mol. The Bertz CT molecular complexity index is 340. The Balaban J connectivity index is 2.35. The third-order valence-corrected chi connectivity index (χ3v) is 2.43. The Hall–Kier alpha value is -1.09. The van der Waals surface area contributed by atoms with Gasteiger partial charge in [0.25, 0.3) is 0 Å². The zero-order chi connectivity index (χ0) is 9.47. The molecule has 3 heteroatoms. The van der Waals surface area contributed by atoms with Gasteiger partial charge in [0.2, 0.25) is 0 Å². The molecule has 1 aliphatic rings. The fourth-order valence-corrected chi connectivity index (χ4v) is 1.72. The van der Waals surface area contributed by atoms with E-state index in [2.05, 4.69) is 5.32 Å². The number of nitrogens with one attached hydrogen (secondary N) is 1. The summed E-state index contributed by atoms with van der Waals surface area (Å²) in [4.78, 5) is 0. The fraction of sp³-hybridized carbons (Fsp3) is 0.400. The number of aliphatic hydroxyl groups excluding tert-OH is 1. The van der Waals surface area contributed by atoms with Gasteiger partial charge in [0.1, 0.15) is 5.82 Å². The molecule has 1 atom stereocenters. The van der Waals surface area contributed by atoms with Gasteiger partial charge >= 0.3 is 0 Å². The van der Waals surface area contributed by atoms with Crippen molar-refractivity contribution >= 4 is 5.69 Å². The third kappa shape index (κ3) is 1.40. The molecule has 0 aromatic heterocycles. The number of anilines is 1. The highest BCUT2D eigenvalue weighted by molar-refractivity contribution is 5.58. The van der Waals surface area contributed by atoms with Crippen LogP contribution in [0.5, 0.6) is 0 Å². The highest BCUT2D eigenvalue weighted by atomic mass is 19.1. The van der Waals surface area contributed by atoms with Crippen LogP contribution in [0.1, 0.15) is 12.5 Å². The van der Waals surface area contributed by atoms with E-state index in [1.54, 1.807) is 6.07 Å².